The Kier molecular flexibility index (Phi) is 3.98. The lowest BCUT2D eigenvalue weighted by molar-refractivity contribution is -0.385. The lowest BCUT2D eigenvalue weighted by atomic mass is 10.3. The Morgan fingerprint density at radius 3 is 2.72 bits per heavy atom. The van der Waals surface area contributed by atoms with Gasteiger partial charge in [0, 0.05) is 26.1 Å². The van der Waals surface area contributed by atoms with Gasteiger partial charge in [-0.15, -0.1) is 10.2 Å². The maximum Gasteiger partial charge on any atom is 0.433 e. The van der Waals surface area contributed by atoms with Gasteiger partial charge in [-0.3, -0.25) is 19.5 Å². The molecule has 3 heterocycles. The number of alkyl halides is 3. The van der Waals surface area contributed by atoms with Crippen LogP contribution in [0.5, 0.6) is 0 Å². The standard InChI is InChI=1S/C12H10F3N7O3/c1-20-9(12(13,14)15)4-8(19-20)11-18-17-10(25-11)2-3-21-6-7(5-16-21)22(23)24/h4-6H,2-3H2,1H3. The average molecular weight is 357 g/mol. The van der Waals surface area contributed by atoms with Gasteiger partial charge in [0.2, 0.25) is 5.89 Å². The van der Waals surface area contributed by atoms with Gasteiger partial charge in [0.25, 0.3) is 5.89 Å². The fourth-order valence-corrected chi connectivity index (χ4v) is 2.07. The molecular formula is C12H10F3N7O3. The summed E-state index contributed by atoms with van der Waals surface area (Å²) in [6.45, 7) is 0.228. The molecule has 3 rings (SSSR count). The Labute approximate surface area is 137 Å². The molecule has 3 aromatic rings. The van der Waals surface area contributed by atoms with Crippen molar-refractivity contribution in [2.24, 2.45) is 7.05 Å². The van der Waals surface area contributed by atoms with Gasteiger partial charge in [0.1, 0.15) is 23.8 Å². The first-order chi connectivity index (χ1) is 11.7. The molecule has 0 aliphatic carbocycles. The summed E-state index contributed by atoms with van der Waals surface area (Å²) in [7, 11) is 1.16. The van der Waals surface area contributed by atoms with Crippen molar-refractivity contribution in [3.05, 3.63) is 40.2 Å². The van der Waals surface area contributed by atoms with Crippen LogP contribution in [0.3, 0.4) is 0 Å². The molecule has 0 saturated heterocycles. The molecule has 0 saturated carbocycles. The zero-order chi connectivity index (χ0) is 18.2. The van der Waals surface area contributed by atoms with E-state index in [0.29, 0.717) is 4.68 Å². The van der Waals surface area contributed by atoms with E-state index >= 15 is 0 Å². The average Bonchev–Trinajstić information content (AvgIpc) is 3.23. The molecule has 0 bridgehead atoms. The Morgan fingerprint density at radius 1 is 1.36 bits per heavy atom. The van der Waals surface area contributed by atoms with Crippen LogP contribution in [0.1, 0.15) is 11.6 Å². The molecule has 0 atom stereocenters. The molecule has 3 aromatic heterocycles. The molecule has 13 heteroatoms. The Morgan fingerprint density at radius 2 is 2.12 bits per heavy atom. The first-order valence-corrected chi connectivity index (χ1v) is 6.85. The highest BCUT2D eigenvalue weighted by atomic mass is 19.4. The first-order valence-electron chi connectivity index (χ1n) is 6.85. The number of aryl methyl sites for hydroxylation is 3. The number of halogens is 3. The predicted octanol–water partition coefficient (Wildman–Crippen LogP) is 1.84. The van der Waals surface area contributed by atoms with Gasteiger partial charge in [0.15, 0.2) is 0 Å². The van der Waals surface area contributed by atoms with Crippen molar-refractivity contribution in [2.45, 2.75) is 19.1 Å². The Balaban J connectivity index is 1.71. The number of hydrogen-bond acceptors (Lipinski definition) is 7. The SMILES string of the molecule is Cn1nc(-c2nnc(CCn3cc([N+](=O)[O-])cn3)o2)cc1C(F)(F)F. The third-order valence-electron chi connectivity index (χ3n) is 3.24. The normalized spacial score (nSPS) is 11.8. The van der Waals surface area contributed by atoms with Gasteiger partial charge >= 0.3 is 11.9 Å². The second kappa shape index (κ2) is 5.99. The van der Waals surface area contributed by atoms with E-state index in [2.05, 4.69) is 20.4 Å². The summed E-state index contributed by atoms with van der Waals surface area (Å²) in [6.07, 6.45) is -2.00. The minimum atomic E-state index is -4.54. The third kappa shape index (κ3) is 3.49. The van der Waals surface area contributed by atoms with Crippen LogP contribution in [0.2, 0.25) is 0 Å². The minimum absolute atomic E-state index is 0.0942. The van der Waals surface area contributed by atoms with Gasteiger partial charge in [0.05, 0.1) is 4.92 Å². The van der Waals surface area contributed by atoms with Crippen LogP contribution in [-0.4, -0.2) is 34.7 Å². The molecule has 132 valence electrons. The quantitative estimate of drug-likeness (QED) is 0.505. The fraction of sp³-hybridized carbons (Fsp3) is 0.333. The largest absolute Gasteiger partial charge is 0.433 e. The zero-order valence-corrected chi connectivity index (χ0v) is 12.6. The molecule has 0 N–H and O–H groups in total. The van der Waals surface area contributed by atoms with Gasteiger partial charge in [-0.05, 0) is 0 Å². The van der Waals surface area contributed by atoms with E-state index in [4.69, 9.17) is 4.42 Å². The molecule has 25 heavy (non-hydrogen) atoms. The molecule has 0 aliphatic heterocycles. The van der Waals surface area contributed by atoms with E-state index in [1.54, 1.807) is 0 Å². The monoisotopic (exact) mass is 357 g/mol. The van der Waals surface area contributed by atoms with Crippen molar-refractivity contribution in [3.63, 3.8) is 0 Å². The number of rotatable bonds is 5. The Hall–Kier alpha value is -3.25. The van der Waals surface area contributed by atoms with Gasteiger partial charge in [-0.2, -0.15) is 23.4 Å². The molecular weight excluding hydrogens is 347 g/mol. The number of hydrogen-bond donors (Lipinski definition) is 0. The van der Waals surface area contributed by atoms with Crippen LogP contribution < -0.4 is 0 Å². The molecule has 0 unspecified atom stereocenters. The third-order valence-corrected chi connectivity index (χ3v) is 3.24. The van der Waals surface area contributed by atoms with Crippen molar-refractivity contribution < 1.29 is 22.5 Å². The maximum atomic E-state index is 12.8. The van der Waals surface area contributed by atoms with Crippen molar-refractivity contribution in [2.75, 3.05) is 0 Å². The smallest absolute Gasteiger partial charge is 0.419 e. The number of aromatic nitrogens is 6. The fourth-order valence-electron chi connectivity index (χ4n) is 2.07. The maximum absolute atomic E-state index is 12.8. The molecule has 0 aliphatic rings. The van der Waals surface area contributed by atoms with E-state index in [9.17, 15) is 23.3 Å². The highest BCUT2D eigenvalue weighted by molar-refractivity contribution is 5.47. The van der Waals surface area contributed by atoms with Gasteiger partial charge < -0.3 is 4.42 Å². The second-order valence-electron chi connectivity index (χ2n) is 5.01. The summed E-state index contributed by atoms with van der Waals surface area (Å²) in [5, 5.41) is 25.5. The molecule has 0 spiro atoms. The zero-order valence-electron chi connectivity index (χ0n) is 12.6. The van der Waals surface area contributed by atoms with Crippen molar-refractivity contribution in [3.8, 4) is 11.6 Å². The van der Waals surface area contributed by atoms with E-state index in [0.717, 1.165) is 19.3 Å². The van der Waals surface area contributed by atoms with Crippen LogP contribution in [-0.2, 0) is 26.2 Å². The van der Waals surface area contributed by atoms with Crippen LogP contribution in [0, 0.1) is 10.1 Å². The number of nitrogens with zero attached hydrogens (tertiary/aromatic N) is 7. The lowest BCUT2D eigenvalue weighted by Crippen LogP contribution is -2.11. The van der Waals surface area contributed by atoms with Crippen molar-refractivity contribution in [1.82, 2.24) is 29.8 Å². The van der Waals surface area contributed by atoms with Crippen LogP contribution in [0.4, 0.5) is 18.9 Å². The van der Waals surface area contributed by atoms with Gasteiger partial charge in [-0.1, -0.05) is 0 Å². The first kappa shape index (κ1) is 16.6. The molecule has 0 aromatic carbocycles. The molecule has 0 fully saturated rings. The summed E-state index contributed by atoms with van der Waals surface area (Å²) >= 11 is 0. The van der Waals surface area contributed by atoms with Crippen LogP contribution in [0.25, 0.3) is 11.6 Å². The van der Waals surface area contributed by atoms with E-state index in [1.807, 2.05) is 0 Å². The summed E-state index contributed by atoms with van der Waals surface area (Å²) in [6, 6.07) is 0.814. The Bertz CT molecular complexity index is 911. The predicted molar refractivity (Wildman–Crippen MR) is 74.1 cm³/mol. The molecule has 0 amide bonds. The van der Waals surface area contributed by atoms with Crippen molar-refractivity contribution >= 4 is 5.69 Å². The summed E-state index contributed by atoms with van der Waals surface area (Å²) < 4.78 is 45.6. The van der Waals surface area contributed by atoms with E-state index in [1.165, 1.54) is 10.9 Å². The summed E-state index contributed by atoms with van der Waals surface area (Å²) in [5.41, 5.74) is -1.19. The molecule has 10 nitrogen and oxygen atoms in total. The van der Waals surface area contributed by atoms with E-state index in [-0.39, 0.29) is 36.1 Å². The minimum Gasteiger partial charge on any atom is -0.419 e. The highest BCUT2D eigenvalue weighted by Gasteiger charge is 2.35. The summed E-state index contributed by atoms with van der Waals surface area (Å²) in [5.74, 6) is -0.0000827. The molecule has 0 radical (unpaired) electrons. The van der Waals surface area contributed by atoms with Gasteiger partial charge in [-0.25, -0.2) is 0 Å². The van der Waals surface area contributed by atoms with Crippen LogP contribution in [0.15, 0.2) is 22.9 Å². The highest BCUT2D eigenvalue weighted by Crippen LogP contribution is 2.31. The second-order valence-corrected chi connectivity index (χ2v) is 5.01. The van der Waals surface area contributed by atoms with Crippen molar-refractivity contribution in [1.29, 1.82) is 0 Å². The lowest BCUT2D eigenvalue weighted by Gasteiger charge is -2.04. The topological polar surface area (TPSA) is 118 Å². The summed E-state index contributed by atoms with van der Waals surface area (Å²) in [4.78, 5) is 10.00. The number of nitro groups is 1. The van der Waals surface area contributed by atoms with E-state index < -0.39 is 16.8 Å². The van der Waals surface area contributed by atoms with Crippen LogP contribution >= 0.6 is 0 Å².